The van der Waals surface area contributed by atoms with Crippen molar-refractivity contribution in [2.75, 3.05) is 20.3 Å². The molecule has 0 fully saturated rings. The van der Waals surface area contributed by atoms with Crippen LogP contribution in [0.4, 0.5) is 0 Å². The van der Waals surface area contributed by atoms with Gasteiger partial charge in [0.05, 0.1) is 24.8 Å². The number of aromatic nitrogens is 2. The van der Waals surface area contributed by atoms with Crippen LogP contribution >= 0.6 is 0 Å². The maximum atomic E-state index is 12.4. The van der Waals surface area contributed by atoms with Crippen LogP contribution in [0.5, 0.6) is 11.5 Å². The molecule has 0 bridgehead atoms. The Kier molecular flexibility index (Phi) is 8.49. The number of nitrogens with one attached hydrogen (secondary N) is 1. The molecule has 6 nitrogen and oxygen atoms in total. The Labute approximate surface area is 219 Å². The largest absolute Gasteiger partial charge is 0.497 e. The number of para-hydroxylation sites is 2. The average molecular weight is 500 g/mol. The minimum absolute atomic E-state index is 0.0798. The van der Waals surface area contributed by atoms with Crippen molar-refractivity contribution in [3.05, 3.63) is 89.7 Å². The fraction of sp³-hybridized carbons (Fsp3) is 0.355. The molecule has 6 heteroatoms. The lowest BCUT2D eigenvalue weighted by Gasteiger charge is -2.19. The fourth-order valence-electron chi connectivity index (χ4n) is 4.32. The average Bonchev–Trinajstić information content (AvgIpc) is 3.26. The molecule has 1 amide bonds. The van der Waals surface area contributed by atoms with E-state index in [1.807, 2.05) is 18.2 Å². The molecule has 0 aliphatic rings. The van der Waals surface area contributed by atoms with Crippen LogP contribution in [0.3, 0.4) is 0 Å². The second kappa shape index (κ2) is 12.0. The summed E-state index contributed by atoms with van der Waals surface area (Å²) in [5.41, 5.74) is 4.19. The summed E-state index contributed by atoms with van der Waals surface area (Å²) in [5.74, 6) is 2.59. The summed E-state index contributed by atoms with van der Waals surface area (Å²) in [6, 6.07) is 23.8. The highest BCUT2D eigenvalue weighted by Gasteiger charge is 2.14. The fourth-order valence-corrected chi connectivity index (χ4v) is 4.32. The van der Waals surface area contributed by atoms with E-state index in [4.69, 9.17) is 14.5 Å². The van der Waals surface area contributed by atoms with E-state index >= 15 is 0 Å². The number of benzene rings is 3. The third-order valence-electron chi connectivity index (χ3n) is 6.46. The Morgan fingerprint density at radius 2 is 1.62 bits per heavy atom. The van der Waals surface area contributed by atoms with Crippen molar-refractivity contribution in [3.8, 4) is 11.5 Å². The zero-order valence-corrected chi connectivity index (χ0v) is 22.3. The molecule has 4 aromatic rings. The number of methoxy groups -OCH3 is 1. The van der Waals surface area contributed by atoms with Gasteiger partial charge < -0.3 is 19.4 Å². The first-order valence-electron chi connectivity index (χ1n) is 12.9. The van der Waals surface area contributed by atoms with Crippen LogP contribution in [0.15, 0.2) is 72.8 Å². The molecule has 0 atom stereocenters. The number of hydrogen-bond donors (Lipinski definition) is 1. The van der Waals surface area contributed by atoms with Gasteiger partial charge in [0.25, 0.3) is 5.91 Å². The van der Waals surface area contributed by atoms with Gasteiger partial charge in [-0.3, -0.25) is 4.79 Å². The highest BCUT2D eigenvalue weighted by atomic mass is 16.5. The van der Waals surface area contributed by atoms with Crippen molar-refractivity contribution in [3.63, 3.8) is 0 Å². The highest BCUT2D eigenvalue weighted by molar-refractivity contribution is 5.94. The van der Waals surface area contributed by atoms with Crippen molar-refractivity contribution in [2.45, 2.75) is 52.0 Å². The number of aryl methyl sites for hydroxylation is 2. The number of carbonyl (C=O) groups is 1. The van der Waals surface area contributed by atoms with E-state index in [1.54, 1.807) is 31.4 Å². The lowest BCUT2D eigenvalue weighted by Crippen LogP contribution is -2.25. The van der Waals surface area contributed by atoms with E-state index in [0.29, 0.717) is 18.7 Å². The number of rotatable bonds is 11. The van der Waals surface area contributed by atoms with Crippen LogP contribution in [-0.4, -0.2) is 35.7 Å². The van der Waals surface area contributed by atoms with Gasteiger partial charge in [-0.05, 0) is 72.4 Å². The Morgan fingerprint density at radius 3 is 2.32 bits per heavy atom. The Bertz CT molecular complexity index is 1300. The Morgan fingerprint density at radius 1 is 0.919 bits per heavy atom. The summed E-state index contributed by atoms with van der Waals surface area (Å²) in [6.07, 6.45) is 2.47. The quantitative estimate of drug-likeness (QED) is 0.251. The lowest BCUT2D eigenvalue weighted by atomic mass is 9.87. The third kappa shape index (κ3) is 6.91. The third-order valence-corrected chi connectivity index (χ3v) is 6.46. The van der Waals surface area contributed by atoms with Crippen molar-refractivity contribution >= 4 is 16.9 Å². The second-order valence-corrected chi connectivity index (χ2v) is 10.2. The maximum absolute atomic E-state index is 12.4. The van der Waals surface area contributed by atoms with E-state index in [9.17, 15) is 4.79 Å². The van der Waals surface area contributed by atoms with Crippen molar-refractivity contribution < 1.29 is 14.3 Å². The summed E-state index contributed by atoms with van der Waals surface area (Å²) in [4.78, 5) is 17.3. The monoisotopic (exact) mass is 499 g/mol. The number of nitrogens with zero attached hydrogens (tertiary/aromatic N) is 2. The minimum Gasteiger partial charge on any atom is -0.497 e. The first kappa shape index (κ1) is 26.3. The van der Waals surface area contributed by atoms with Crippen LogP contribution in [0, 0.1) is 0 Å². The van der Waals surface area contributed by atoms with Gasteiger partial charge in [-0.25, -0.2) is 4.98 Å². The van der Waals surface area contributed by atoms with Crippen molar-refractivity contribution in [1.82, 2.24) is 14.9 Å². The maximum Gasteiger partial charge on any atom is 0.251 e. The number of hydrogen-bond acceptors (Lipinski definition) is 4. The molecule has 0 radical (unpaired) electrons. The zero-order valence-electron chi connectivity index (χ0n) is 22.3. The van der Waals surface area contributed by atoms with Crippen LogP contribution in [0.2, 0.25) is 0 Å². The van der Waals surface area contributed by atoms with Gasteiger partial charge >= 0.3 is 0 Å². The first-order chi connectivity index (χ1) is 17.8. The van der Waals surface area contributed by atoms with Crippen LogP contribution in [0.25, 0.3) is 11.0 Å². The number of amides is 1. The van der Waals surface area contributed by atoms with E-state index in [0.717, 1.165) is 54.2 Å². The van der Waals surface area contributed by atoms with Gasteiger partial charge in [0.1, 0.15) is 17.3 Å². The SMILES string of the molecule is COc1ccc(C(=O)NCCCc2nc3ccccc3n2CCCOc2ccc(C(C)(C)C)cc2)cc1. The molecular weight excluding hydrogens is 462 g/mol. The van der Waals surface area contributed by atoms with Gasteiger partial charge in [-0.1, -0.05) is 45.0 Å². The lowest BCUT2D eigenvalue weighted by molar-refractivity contribution is 0.0953. The highest BCUT2D eigenvalue weighted by Crippen LogP contribution is 2.24. The van der Waals surface area contributed by atoms with Gasteiger partial charge in [0.15, 0.2) is 0 Å². The molecule has 0 saturated carbocycles. The molecule has 0 unspecified atom stereocenters. The van der Waals surface area contributed by atoms with Gasteiger partial charge in [-0.2, -0.15) is 0 Å². The molecule has 1 heterocycles. The predicted molar refractivity (Wildman–Crippen MR) is 149 cm³/mol. The molecule has 0 saturated heterocycles. The van der Waals surface area contributed by atoms with Gasteiger partial charge in [0.2, 0.25) is 0 Å². The molecule has 1 aromatic heterocycles. The summed E-state index contributed by atoms with van der Waals surface area (Å²) in [7, 11) is 1.61. The molecule has 0 aliphatic heterocycles. The smallest absolute Gasteiger partial charge is 0.251 e. The normalized spacial score (nSPS) is 11.5. The van der Waals surface area contributed by atoms with E-state index in [2.05, 4.69) is 61.0 Å². The molecule has 3 aromatic carbocycles. The van der Waals surface area contributed by atoms with E-state index < -0.39 is 0 Å². The zero-order chi connectivity index (χ0) is 26.3. The predicted octanol–water partition coefficient (Wildman–Crippen LogP) is 6.17. The van der Waals surface area contributed by atoms with Gasteiger partial charge in [0, 0.05) is 25.1 Å². The van der Waals surface area contributed by atoms with E-state index in [1.165, 1.54) is 5.56 Å². The summed E-state index contributed by atoms with van der Waals surface area (Å²) >= 11 is 0. The molecule has 37 heavy (non-hydrogen) atoms. The molecule has 4 rings (SSSR count). The molecule has 1 N–H and O–H groups in total. The second-order valence-electron chi connectivity index (χ2n) is 10.2. The minimum atomic E-state index is -0.0798. The molecule has 0 aliphatic carbocycles. The Hall–Kier alpha value is -3.80. The topological polar surface area (TPSA) is 65.4 Å². The molecule has 0 spiro atoms. The van der Waals surface area contributed by atoms with Crippen LogP contribution < -0.4 is 14.8 Å². The molecule has 194 valence electrons. The molecular formula is C31H37N3O3. The standard InChI is InChI=1S/C31H37N3O3/c1-31(2,3)24-14-18-26(19-15-24)37-22-8-21-34-28-10-6-5-9-27(28)33-29(34)11-7-20-32-30(35)23-12-16-25(36-4)17-13-23/h5-6,9-10,12-19H,7-8,11,20-22H2,1-4H3,(H,32,35). The summed E-state index contributed by atoms with van der Waals surface area (Å²) in [6.45, 7) is 8.69. The van der Waals surface area contributed by atoms with Crippen LogP contribution in [0.1, 0.15) is 55.4 Å². The first-order valence-corrected chi connectivity index (χ1v) is 12.9. The van der Waals surface area contributed by atoms with Crippen molar-refractivity contribution in [1.29, 1.82) is 0 Å². The number of ether oxygens (including phenoxy) is 2. The Balaban J connectivity index is 1.30. The van der Waals surface area contributed by atoms with E-state index in [-0.39, 0.29) is 11.3 Å². The summed E-state index contributed by atoms with van der Waals surface area (Å²) in [5, 5.41) is 3.01. The summed E-state index contributed by atoms with van der Waals surface area (Å²) < 4.78 is 13.5. The number of imidazole rings is 1. The van der Waals surface area contributed by atoms with Crippen molar-refractivity contribution in [2.24, 2.45) is 0 Å². The van der Waals surface area contributed by atoms with Gasteiger partial charge in [-0.15, -0.1) is 0 Å². The number of fused-ring (bicyclic) bond motifs is 1. The van der Waals surface area contributed by atoms with Crippen LogP contribution in [-0.2, 0) is 18.4 Å². The number of carbonyl (C=O) groups excluding carboxylic acids is 1.